The van der Waals surface area contributed by atoms with Gasteiger partial charge in [-0.25, -0.2) is 0 Å². The van der Waals surface area contributed by atoms with Crippen molar-refractivity contribution in [2.45, 2.75) is 25.7 Å². The van der Waals surface area contributed by atoms with Crippen LogP contribution in [-0.4, -0.2) is 73.0 Å². The second-order valence-electron chi connectivity index (χ2n) is 5.81. The van der Waals surface area contributed by atoms with Crippen LogP contribution in [0.2, 0.25) is 0 Å². The Kier molecular flexibility index (Phi) is 6.83. The van der Waals surface area contributed by atoms with Crippen molar-refractivity contribution < 1.29 is 14.3 Å². The zero-order chi connectivity index (χ0) is 15.1. The third-order valence-electron chi connectivity index (χ3n) is 4.27. The molecule has 0 aromatic rings. The van der Waals surface area contributed by atoms with Gasteiger partial charge in [-0.1, -0.05) is 0 Å². The first-order valence-corrected chi connectivity index (χ1v) is 9.22. The van der Waals surface area contributed by atoms with Gasteiger partial charge in [-0.15, -0.1) is 0 Å². The normalized spacial score (nSPS) is 23.2. The van der Waals surface area contributed by atoms with Crippen molar-refractivity contribution in [2.24, 2.45) is 5.92 Å². The van der Waals surface area contributed by atoms with E-state index < -0.39 is 0 Å². The lowest BCUT2D eigenvalue weighted by molar-refractivity contribution is -0.135. The number of carbonyl (C=O) groups is 2. The number of ether oxygens (including phenoxy) is 1. The molecule has 1 unspecified atom stereocenters. The Balaban J connectivity index is 1.72. The highest BCUT2D eigenvalue weighted by atomic mass is 32.2. The smallest absolute Gasteiger partial charge is 0.232 e. The summed E-state index contributed by atoms with van der Waals surface area (Å²) in [6.07, 6.45) is 5.67. The predicted octanol–water partition coefficient (Wildman–Crippen LogP) is 1.23. The van der Waals surface area contributed by atoms with Gasteiger partial charge in [0.15, 0.2) is 0 Å². The van der Waals surface area contributed by atoms with Crippen molar-refractivity contribution in [1.29, 1.82) is 0 Å². The van der Waals surface area contributed by atoms with Crippen molar-refractivity contribution in [1.82, 2.24) is 9.80 Å². The highest BCUT2D eigenvalue weighted by Gasteiger charge is 2.24. The summed E-state index contributed by atoms with van der Waals surface area (Å²) >= 11 is 1.58. The third kappa shape index (κ3) is 5.18. The van der Waals surface area contributed by atoms with E-state index in [0.29, 0.717) is 31.3 Å². The molecule has 2 aliphatic rings. The van der Waals surface area contributed by atoms with Gasteiger partial charge < -0.3 is 14.5 Å². The lowest BCUT2D eigenvalue weighted by atomic mass is 9.93. The molecule has 0 aromatic carbocycles. The van der Waals surface area contributed by atoms with E-state index in [9.17, 15) is 9.59 Å². The summed E-state index contributed by atoms with van der Waals surface area (Å²) in [4.78, 5) is 28.0. The van der Waals surface area contributed by atoms with E-state index in [4.69, 9.17) is 4.74 Å². The van der Waals surface area contributed by atoms with Gasteiger partial charge in [-0.3, -0.25) is 9.59 Å². The second kappa shape index (κ2) is 8.63. The quantitative estimate of drug-likeness (QED) is 0.766. The Morgan fingerprint density at radius 2 is 1.90 bits per heavy atom. The summed E-state index contributed by atoms with van der Waals surface area (Å²) in [6.45, 7) is 4.48. The molecule has 0 bridgehead atoms. The third-order valence-corrected chi connectivity index (χ3v) is 4.81. The average Bonchev–Trinajstić information content (AvgIpc) is 2.54. The van der Waals surface area contributed by atoms with Crippen LogP contribution in [0.25, 0.3) is 0 Å². The number of nitrogens with zero attached hydrogens (tertiary/aromatic N) is 2. The molecule has 2 amide bonds. The van der Waals surface area contributed by atoms with Crippen molar-refractivity contribution in [3.8, 4) is 0 Å². The molecule has 1 atom stereocenters. The number of likely N-dealkylation sites (tertiary alicyclic amines) is 1. The number of hydrogen-bond acceptors (Lipinski definition) is 4. The maximum atomic E-state index is 12.1. The number of carbonyl (C=O) groups excluding carboxylic acids is 2. The van der Waals surface area contributed by atoms with E-state index in [-0.39, 0.29) is 11.8 Å². The van der Waals surface area contributed by atoms with Gasteiger partial charge in [0.25, 0.3) is 0 Å². The van der Waals surface area contributed by atoms with Gasteiger partial charge in [0.1, 0.15) is 0 Å². The molecule has 0 spiro atoms. The van der Waals surface area contributed by atoms with Gasteiger partial charge in [-0.2, -0.15) is 11.8 Å². The van der Waals surface area contributed by atoms with Gasteiger partial charge in [0, 0.05) is 32.6 Å². The van der Waals surface area contributed by atoms with Crippen LogP contribution in [0.1, 0.15) is 25.7 Å². The molecule has 0 aromatic heterocycles. The van der Waals surface area contributed by atoms with E-state index in [1.54, 1.807) is 11.8 Å². The lowest BCUT2D eigenvalue weighted by Gasteiger charge is -2.33. The van der Waals surface area contributed by atoms with Gasteiger partial charge in [-0.05, 0) is 31.4 Å². The summed E-state index contributed by atoms with van der Waals surface area (Å²) in [5, 5.41) is 0. The van der Waals surface area contributed by atoms with Crippen molar-refractivity contribution in [2.75, 3.05) is 51.4 Å². The van der Waals surface area contributed by atoms with Gasteiger partial charge in [0.05, 0.1) is 19.0 Å². The van der Waals surface area contributed by atoms with E-state index in [1.165, 1.54) is 0 Å². The van der Waals surface area contributed by atoms with Crippen molar-refractivity contribution in [3.63, 3.8) is 0 Å². The fourth-order valence-electron chi connectivity index (χ4n) is 3.04. The van der Waals surface area contributed by atoms with Crippen molar-refractivity contribution >= 4 is 23.6 Å². The predicted molar refractivity (Wildman–Crippen MR) is 84.3 cm³/mol. The van der Waals surface area contributed by atoms with Crippen LogP contribution in [0, 0.1) is 5.92 Å². The van der Waals surface area contributed by atoms with Crippen LogP contribution < -0.4 is 0 Å². The molecule has 2 heterocycles. The molecular formula is C15H26N2O3S. The highest BCUT2D eigenvalue weighted by Crippen LogP contribution is 2.22. The van der Waals surface area contributed by atoms with Crippen LogP contribution in [0.3, 0.4) is 0 Å². The first-order chi connectivity index (χ1) is 10.2. The minimum Gasteiger partial charge on any atom is -0.378 e. The van der Waals surface area contributed by atoms with Crippen LogP contribution in [0.4, 0.5) is 0 Å². The largest absolute Gasteiger partial charge is 0.378 e. The first-order valence-electron chi connectivity index (χ1n) is 7.83. The van der Waals surface area contributed by atoms with Gasteiger partial charge >= 0.3 is 0 Å². The van der Waals surface area contributed by atoms with E-state index in [1.807, 2.05) is 16.1 Å². The number of piperidine rings is 1. The number of hydrogen-bond donors (Lipinski definition) is 0. The molecule has 2 rings (SSSR count). The summed E-state index contributed by atoms with van der Waals surface area (Å²) in [5.74, 6) is 1.53. The van der Waals surface area contributed by atoms with Crippen LogP contribution in [0.5, 0.6) is 0 Å². The molecule has 5 nitrogen and oxygen atoms in total. The van der Waals surface area contributed by atoms with Crippen LogP contribution in [-0.2, 0) is 14.3 Å². The van der Waals surface area contributed by atoms with Crippen LogP contribution in [0.15, 0.2) is 0 Å². The zero-order valence-electron chi connectivity index (χ0n) is 12.9. The van der Waals surface area contributed by atoms with E-state index >= 15 is 0 Å². The summed E-state index contributed by atoms with van der Waals surface area (Å²) in [6, 6.07) is 0. The Bertz CT molecular complexity index is 359. The Labute approximate surface area is 131 Å². The minimum absolute atomic E-state index is 0.242. The minimum atomic E-state index is 0.242. The summed E-state index contributed by atoms with van der Waals surface area (Å²) < 4.78 is 5.27. The Morgan fingerprint density at radius 1 is 1.14 bits per heavy atom. The second-order valence-corrected chi connectivity index (χ2v) is 6.68. The fourth-order valence-corrected chi connectivity index (χ4v) is 3.47. The number of rotatable bonds is 5. The molecule has 0 radical (unpaired) electrons. The molecule has 6 heteroatoms. The summed E-state index contributed by atoms with van der Waals surface area (Å²) in [7, 11) is 0. The van der Waals surface area contributed by atoms with Crippen LogP contribution >= 0.6 is 11.8 Å². The molecule has 21 heavy (non-hydrogen) atoms. The number of morpholine rings is 1. The Morgan fingerprint density at radius 3 is 2.62 bits per heavy atom. The standard InChI is InChI=1S/C15H26N2O3S/c1-21-12-15(19)17-6-2-3-13(11-17)4-5-14(18)16-7-9-20-10-8-16/h13H,2-12H2,1H3. The number of amides is 2. The molecule has 2 aliphatic heterocycles. The molecule has 0 aliphatic carbocycles. The molecule has 0 N–H and O–H groups in total. The van der Waals surface area contributed by atoms with E-state index in [0.717, 1.165) is 45.4 Å². The number of thioether (sulfide) groups is 1. The highest BCUT2D eigenvalue weighted by molar-refractivity contribution is 7.99. The summed E-state index contributed by atoms with van der Waals surface area (Å²) in [5.41, 5.74) is 0. The Hall–Kier alpha value is -0.750. The monoisotopic (exact) mass is 314 g/mol. The molecule has 2 fully saturated rings. The van der Waals surface area contributed by atoms with Crippen molar-refractivity contribution in [3.05, 3.63) is 0 Å². The first kappa shape index (κ1) is 16.6. The van der Waals surface area contributed by atoms with Gasteiger partial charge in [0.2, 0.25) is 11.8 Å². The SMILES string of the molecule is CSCC(=O)N1CCCC(CCC(=O)N2CCOCC2)C1. The lowest BCUT2D eigenvalue weighted by Crippen LogP contribution is -2.42. The maximum Gasteiger partial charge on any atom is 0.232 e. The fraction of sp³-hybridized carbons (Fsp3) is 0.867. The maximum absolute atomic E-state index is 12.1. The topological polar surface area (TPSA) is 49.9 Å². The average molecular weight is 314 g/mol. The molecule has 2 saturated heterocycles. The molecule has 120 valence electrons. The van der Waals surface area contributed by atoms with E-state index in [2.05, 4.69) is 0 Å². The molecule has 0 saturated carbocycles. The molecular weight excluding hydrogens is 288 g/mol. The zero-order valence-corrected chi connectivity index (χ0v) is 13.7.